The number of hydrogen-bond acceptors (Lipinski definition) is 5. The fourth-order valence-corrected chi connectivity index (χ4v) is 5.17. The minimum Gasteiger partial charge on any atom is -0.493 e. The molecule has 0 amide bonds. The number of carboxylic acids is 1. The molecule has 1 aromatic heterocycles. The number of carbonyl (C=O) groups is 1. The van der Waals surface area contributed by atoms with Crippen molar-refractivity contribution in [3.63, 3.8) is 0 Å². The van der Waals surface area contributed by atoms with Gasteiger partial charge in [-0.2, -0.15) is 0 Å². The molecule has 1 N–H and O–H groups in total. The van der Waals surface area contributed by atoms with Crippen molar-refractivity contribution in [3.05, 3.63) is 76.8 Å². The molecular formula is C28H28ClNO4S. The van der Waals surface area contributed by atoms with E-state index in [-0.39, 0.29) is 0 Å². The first-order valence-corrected chi connectivity index (χ1v) is 13.1. The van der Waals surface area contributed by atoms with E-state index in [9.17, 15) is 9.90 Å². The Morgan fingerprint density at radius 3 is 2.77 bits per heavy atom. The summed E-state index contributed by atoms with van der Waals surface area (Å²) in [4.78, 5) is 12.1. The van der Waals surface area contributed by atoms with E-state index in [1.165, 1.54) is 0 Å². The van der Waals surface area contributed by atoms with E-state index >= 15 is 0 Å². The third-order valence-corrected chi connectivity index (χ3v) is 7.48. The SMILES string of the molecule is CCCc1c(OCCCSc2ccc(C(C)C(=O)O)cc2Cl)cccc1-c1onc2ccccc12. The average Bonchev–Trinajstić information content (AvgIpc) is 3.29. The zero-order valence-electron chi connectivity index (χ0n) is 19.8. The molecule has 182 valence electrons. The van der Waals surface area contributed by atoms with Crippen LogP contribution in [0.4, 0.5) is 0 Å². The van der Waals surface area contributed by atoms with Crippen molar-refractivity contribution in [1.82, 2.24) is 5.16 Å². The number of aromatic nitrogens is 1. The smallest absolute Gasteiger partial charge is 0.310 e. The quantitative estimate of drug-likeness (QED) is 0.164. The molecule has 0 fully saturated rings. The second-order valence-corrected chi connectivity index (χ2v) is 9.91. The molecule has 1 unspecified atom stereocenters. The van der Waals surface area contributed by atoms with Crippen molar-refractivity contribution in [3.8, 4) is 17.1 Å². The summed E-state index contributed by atoms with van der Waals surface area (Å²) in [5, 5.41) is 15.0. The molecule has 0 spiro atoms. The van der Waals surface area contributed by atoms with E-state index in [0.29, 0.717) is 17.2 Å². The molecule has 0 radical (unpaired) electrons. The van der Waals surface area contributed by atoms with E-state index in [4.69, 9.17) is 20.9 Å². The van der Waals surface area contributed by atoms with Gasteiger partial charge in [-0.15, -0.1) is 11.8 Å². The second kappa shape index (κ2) is 11.6. The van der Waals surface area contributed by atoms with Crippen LogP contribution in [0.25, 0.3) is 22.2 Å². The van der Waals surface area contributed by atoms with Crippen LogP contribution < -0.4 is 4.74 Å². The molecule has 1 atom stereocenters. The van der Waals surface area contributed by atoms with Gasteiger partial charge in [-0.25, -0.2) is 0 Å². The fraction of sp³-hybridized carbons (Fsp3) is 0.286. The van der Waals surface area contributed by atoms with Crippen molar-refractivity contribution < 1.29 is 19.2 Å². The van der Waals surface area contributed by atoms with E-state index in [2.05, 4.69) is 18.1 Å². The van der Waals surface area contributed by atoms with Gasteiger partial charge in [0.15, 0.2) is 5.76 Å². The first-order valence-electron chi connectivity index (χ1n) is 11.7. The summed E-state index contributed by atoms with van der Waals surface area (Å²) >= 11 is 8.04. The highest BCUT2D eigenvalue weighted by Crippen LogP contribution is 2.36. The lowest BCUT2D eigenvalue weighted by molar-refractivity contribution is -0.138. The van der Waals surface area contributed by atoms with Crippen molar-refractivity contribution in [1.29, 1.82) is 0 Å². The molecule has 0 aliphatic carbocycles. The number of fused-ring (bicyclic) bond motifs is 1. The van der Waals surface area contributed by atoms with Crippen molar-refractivity contribution in [2.75, 3.05) is 12.4 Å². The second-order valence-electron chi connectivity index (χ2n) is 8.36. The largest absolute Gasteiger partial charge is 0.493 e. The minimum absolute atomic E-state index is 0.579. The molecule has 0 saturated heterocycles. The predicted octanol–water partition coefficient (Wildman–Crippen LogP) is 7.85. The standard InChI is InChI=1S/C28H28ClNO4S/c1-3-8-20-21(27-22-9-4-5-11-24(22)30-34-27)10-6-12-25(20)33-15-7-16-35-26-14-13-19(17-23(26)29)18(2)28(31)32/h4-6,9-14,17-18H,3,7-8,15-16H2,1-2H3,(H,31,32). The maximum absolute atomic E-state index is 11.2. The number of thioether (sulfide) groups is 1. The first kappa shape index (κ1) is 25.1. The summed E-state index contributed by atoms with van der Waals surface area (Å²) < 4.78 is 11.9. The third-order valence-electron chi connectivity index (χ3n) is 5.89. The van der Waals surface area contributed by atoms with Crippen molar-refractivity contribution >= 4 is 40.2 Å². The number of rotatable bonds is 11. The summed E-state index contributed by atoms with van der Waals surface area (Å²) in [6.07, 6.45) is 2.71. The molecule has 35 heavy (non-hydrogen) atoms. The Hall–Kier alpha value is -2.96. The van der Waals surface area contributed by atoms with E-state index < -0.39 is 11.9 Å². The van der Waals surface area contributed by atoms with Crippen LogP contribution >= 0.6 is 23.4 Å². The maximum atomic E-state index is 11.2. The van der Waals surface area contributed by atoms with Crippen LogP contribution in [0.5, 0.6) is 5.75 Å². The minimum atomic E-state index is -0.860. The summed E-state index contributed by atoms with van der Waals surface area (Å²) in [5.74, 6) is 1.05. The van der Waals surface area contributed by atoms with Gasteiger partial charge in [0, 0.05) is 27.2 Å². The first-order chi connectivity index (χ1) is 17.0. The number of benzene rings is 3. The molecular weight excluding hydrogens is 482 g/mol. The molecule has 0 aliphatic rings. The number of hydrogen-bond donors (Lipinski definition) is 1. The van der Waals surface area contributed by atoms with Gasteiger partial charge >= 0.3 is 5.97 Å². The molecule has 0 bridgehead atoms. The van der Waals surface area contributed by atoms with Crippen LogP contribution in [-0.2, 0) is 11.2 Å². The fourth-order valence-electron chi connectivity index (χ4n) is 3.97. The Kier molecular flexibility index (Phi) is 8.37. The average molecular weight is 510 g/mol. The van der Waals surface area contributed by atoms with E-state index in [1.54, 1.807) is 24.8 Å². The summed E-state index contributed by atoms with van der Waals surface area (Å²) in [7, 11) is 0. The van der Waals surface area contributed by atoms with Gasteiger partial charge < -0.3 is 14.4 Å². The molecule has 7 heteroatoms. The monoisotopic (exact) mass is 509 g/mol. The van der Waals surface area contributed by atoms with Crippen LogP contribution in [0.2, 0.25) is 5.02 Å². The zero-order chi connectivity index (χ0) is 24.8. The Morgan fingerprint density at radius 1 is 1.17 bits per heavy atom. The number of carboxylic acid groups (broad SMARTS) is 1. The van der Waals surface area contributed by atoms with Gasteiger partial charge in [0.2, 0.25) is 0 Å². The van der Waals surface area contributed by atoms with Gasteiger partial charge in [0.1, 0.15) is 11.3 Å². The van der Waals surface area contributed by atoms with Crippen LogP contribution in [0.3, 0.4) is 0 Å². The predicted molar refractivity (Wildman–Crippen MR) is 142 cm³/mol. The number of halogens is 1. The molecule has 1 heterocycles. The Morgan fingerprint density at radius 2 is 2.00 bits per heavy atom. The van der Waals surface area contributed by atoms with Gasteiger partial charge in [0.25, 0.3) is 0 Å². The topological polar surface area (TPSA) is 72.6 Å². The highest BCUT2D eigenvalue weighted by atomic mass is 35.5. The molecule has 4 aromatic rings. The number of aliphatic carboxylic acids is 1. The lowest BCUT2D eigenvalue weighted by Crippen LogP contribution is -2.07. The highest BCUT2D eigenvalue weighted by molar-refractivity contribution is 7.99. The van der Waals surface area contributed by atoms with E-state index in [1.807, 2.05) is 48.5 Å². The Balaban J connectivity index is 1.40. The molecule has 5 nitrogen and oxygen atoms in total. The lowest BCUT2D eigenvalue weighted by Gasteiger charge is -2.14. The zero-order valence-corrected chi connectivity index (χ0v) is 21.4. The highest BCUT2D eigenvalue weighted by Gasteiger charge is 2.18. The Bertz CT molecular complexity index is 1320. The van der Waals surface area contributed by atoms with Gasteiger partial charge in [0.05, 0.1) is 17.5 Å². The van der Waals surface area contributed by atoms with Crippen molar-refractivity contribution in [2.24, 2.45) is 0 Å². The lowest BCUT2D eigenvalue weighted by atomic mass is 9.98. The third kappa shape index (κ3) is 5.82. The van der Waals surface area contributed by atoms with Gasteiger partial charge in [-0.1, -0.05) is 60.4 Å². The normalized spacial score (nSPS) is 12.1. The van der Waals surface area contributed by atoms with Crippen LogP contribution in [0.1, 0.15) is 43.7 Å². The van der Waals surface area contributed by atoms with Crippen LogP contribution in [0.15, 0.2) is 70.1 Å². The molecule has 0 aliphatic heterocycles. The summed E-state index contributed by atoms with van der Waals surface area (Å²) in [6.45, 7) is 4.39. The summed E-state index contributed by atoms with van der Waals surface area (Å²) in [6, 6.07) is 19.5. The van der Waals surface area contributed by atoms with Crippen LogP contribution in [0, 0.1) is 0 Å². The number of ether oxygens (including phenoxy) is 1. The van der Waals surface area contributed by atoms with E-state index in [0.717, 1.165) is 63.5 Å². The Labute approximate surface area is 214 Å². The maximum Gasteiger partial charge on any atom is 0.310 e. The molecule has 0 saturated carbocycles. The molecule has 3 aromatic carbocycles. The van der Waals surface area contributed by atoms with Crippen LogP contribution in [-0.4, -0.2) is 28.6 Å². The number of nitrogens with zero attached hydrogens (tertiary/aromatic N) is 1. The molecule has 4 rings (SSSR count). The summed E-state index contributed by atoms with van der Waals surface area (Å²) in [5.41, 5.74) is 3.71. The van der Waals surface area contributed by atoms with Crippen molar-refractivity contribution in [2.45, 2.75) is 43.9 Å². The van der Waals surface area contributed by atoms with Gasteiger partial charge in [-0.05, 0) is 55.7 Å². The van der Waals surface area contributed by atoms with Gasteiger partial charge in [-0.3, -0.25) is 4.79 Å².